The SMILES string of the molecule is Cl.Cl.NCC1CCN(C(=O)c2ccc(Cl)cn2)CC1. The van der Waals surface area contributed by atoms with Gasteiger partial charge in [-0.15, -0.1) is 24.8 Å². The van der Waals surface area contributed by atoms with E-state index in [0.29, 0.717) is 23.2 Å². The first-order chi connectivity index (χ1) is 8.20. The summed E-state index contributed by atoms with van der Waals surface area (Å²) in [4.78, 5) is 18.0. The van der Waals surface area contributed by atoms with Crippen LogP contribution in [0.15, 0.2) is 18.3 Å². The van der Waals surface area contributed by atoms with Crippen molar-refractivity contribution in [3.8, 4) is 0 Å². The van der Waals surface area contributed by atoms with Gasteiger partial charge in [-0.2, -0.15) is 0 Å². The summed E-state index contributed by atoms with van der Waals surface area (Å²) in [7, 11) is 0. The fourth-order valence-electron chi connectivity index (χ4n) is 2.04. The molecule has 7 heteroatoms. The Balaban J connectivity index is 0.00000162. The number of nitrogens with zero attached hydrogens (tertiary/aromatic N) is 2. The monoisotopic (exact) mass is 325 g/mol. The number of hydrogen-bond acceptors (Lipinski definition) is 3. The van der Waals surface area contributed by atoms with Crippen LogP contribution in [0.5, 0.6) is 0 Å². The summed E-state index contributed by atoms with van der Waals surface area (Å²) in [6.45, 7) is 2.25. The summed E-state index contributed by atoms with van der Waals surface area (Å²) in [6.07, 6.45) is 3.47. The summed E-state index contributed by atoms with van der Waals surface area (Å²) in [5.74, 6) is 0.536. The second-order valence-corrected chi connectivity index (χ2v) is 4.77. The normalized spacial score (nSPS) is 15.4. The topological polar surface area (TPSA) is 59.2 Å². The van der Waals surface area contributed by atoms with Crippen LogP contribution >= 0.6 is 36.4 Å². The van der Waals surface area contributed by atoms with E-state index in [1.807, 2.05) is 4.90 Å². The smallest absolute Gasteiger partial charge is 0.272 e. The largest absolute Gasteiger partial charge is 0.337 e. The molecule has 0 aliphatic carbocycles. The Morgan fingerprint density at radius 2 is 2.00 bits per heavy atom. The van der Waals surface area contributed by atoms with E-state index in [-0.39, 0.29) is 30.7 Å². The van der Waals surface area contributed by atoms with Crippen molar-refractivity contribution >= 4 is 42.3 Å². The number of pyridine rings is 1. The molecule has 1 fully saturated rings. The van der Waals surface area contributed by atoms with Gasteiger partial charge < -0.3 is 10.6 Å². The molecule has 1 aromatic heterocycles. The number of nitrogens with two attached hydrogens (primary N) is 1. The highest BCUT2D eigenvalue weighted by Gasteiger charge is 2.23. The van der Waals surface area contributed by atoms with E-state index in [4.69, 9.17) is 17.3 Å². The highest BCUT2D eigenvalue weighted by Crippen LogP contribution is 2.17. The van der Waals surface area contributed by atoms with Gasteiger partial charge >= 0.3 is 0 Å². The van der Waals surface area contributed by atoms with Crippen LogP contribution < -0.4 is 5.73 Å². The fourth-order valence-corrected chi connectivity index (χ4v) is 2.15. The molecule has 1 aromatic rings. The number of hydrogen-bond donors (Lipinski definition) is 1. The Bertz CT molecular complexity index is 392. The summed E-state index contributed by atoms with van der Waals surface area (Å²) < 4.78 is 0. The molecule has 0 bridgehead atoms. The first-order valence-corrected chi connectivity index (χ1v) is 6.19. The van der Waals surface area contributed by atoms with E-state index >= 15 is 0 Å². The van der Waals surface area contributed by atoms with Gasteiger partial charge in [0.15, 0.2) is 0 Å². The quantitative estimate of drug-likeness (QED) is 0.908. The molecule has 1 saturated heterocycles. The maximum atomic E-state index is 12.1. The molecule has 2 heterocycles. The number of aromatic nitrogens is 1. The van der Waals surface area contributed by atoms with Crippen molar-refractivity contribution in [2.45, 2.75) is 12.8 Å². The molecule has 2 rings (SSSR count). The number of amides is 1. The molecule has 1 aliphatic rings. The molecule has 0 saturated carbocycles. The maximum Gasteiger partial charge on any atom is 0.272 e. The predicted octanol–water partition coefficient (Wildman–Crippen LogP) is 2.39. The van der Waals surface area contributed by atoms with Gasteiger partial charge in [-0.25, -0.2) is 4.98 Å². The average molecular weight is 327 g/mol. The van der Waals surface area contributed by atoms with Crippen LogP contribution in [0, 0.1) is 5.92 Å². The lowest BCUT2D eigenvalue weighted by Gasteiger charge is -2.31. The second-order valence-electron chi connectivity index (χ2n) is 4.33. The van der Waals surface area contributed by atoms with Crippen LogP contribution in [0.1, 0.15) is 23.3 Å². The number of carbonyl (C=O) groups is 1. The van der Waals surface area contributed by atoms with E-state index < -0.39 is 0 Å². The maximum absolute atomic E-state index is 12.1. The molecule has 0 unspecified atom stereocenters. The van der Waals surface area contributed by atoms with Gasteiger partial charge in [-0.1, -0.05) is 11.6 Å². The molecule has 0 radical (unpaired) electrons. The van der Waals surface area contributed by atoms with Crippen molar-refractivity contribution < 1.29 is 4.79 Å². The van der Waals surface area contributed by atoms with Gasteiger partial charge in [0.05, 0.1) is 5.02 Å². The number of piperidine rings is 1. The lowest BCUT2D eigenvalue weighted by Crippen LogP contribution is -2.40. The first kappa shape index (κ1) is 18.4. The molecular weight excluding hydrogens is 309 g/mol. The van der Waals surface area contributed by atoms with Crippen LogP contribution in [0.4, 0.5) is 0 Å². The van der Waals surface area contributed by atoms with Gasteiger partial charge in [-0.3, -0.25) is 4.79 Å². The Hall–Kier alpha value is -0.550. The lowest BCUT2D eigenvalue weighted by atomic mass is 9.97. The van der Waals surface area contributed by atoms with Crippen molar-refractivity contribution in [2.24, 2.45) is 11.7 Å². The molecule has 4 nitrogen and oxygen atoms in total. The van der Waals surface area contributed by atoms with Gasteiger partial charge in [0, 0.05) is 19.3 Å². The van der Waals surface area contributed by atoms with Crippen molar-refractivity contribution in [3.63, 3.8) is 0 Å². The Morgan fingerprint density at radius 1 is 1.37 bits per heavy atom. The van der Waals surface area contributed by atoms with Gasteiger partial charge in [0.2, 0.25) is 0 Å². The number of rotatable bonds is 2. The Labute approximate surface area is 130 Å². The first-order valence-electron chi connectivity index (χ1n) is 5.81. The lowest BCUT2D eigenvalue weighted by molar-refractivity contribution is 0.0687. The zero-order valence-corrected chi connectivity index (χ0v) is 12.8. The predicted molar refractivity (Wildman–Crippen MR) is 81.4 cm³/mol. The van der Waals surface area contributed by atoms with Gasteiger partial charge in [0.1, 0.15) is 5.69 Å². The van der Waals surface area contributed by atoms with E-state index in [0.717, 1.165) is 25.9 Å². The van der Waals surface area contributed by atoms with E-state index in [1.54, 1.807) is 12.1 Å². The summed E-state index contributed by atoms with van der Waals surface area (Å²) in [5, 5.41) is 0.545. The summed E-state index contributed by atoms with van der Waals surface area (Å²) in [5.41, 5.74) is 6.08. The molecule has 0 aromatic carbocycles. The molecule has 0 spiro atoms. The molecule has 2 N–H and O–H groups in total. The van der Waals surface area contributed by atoms with E-state index in [2.05, 4.69) is 4.98 Å². The highest BCUT2D eigenvalue weighted by atomic mass is 35.5. The minimum atomic E-state index is -0.0165. The fraction of sp³-hybridized carbons (Fsp3) is 0.500. The Kier molecular flexibility index (Phi) is 8.34. The Morgan fingerprint density at radius 3 is 2.47 bits per heavy atom. The third kappa shape index (κ3) is 4.80. The van der Waals surface area contributed by atoms with Gasteiger partial charge in [0.25, 0.3) is 5.91 Å². The van der Waals surface area contributed by atoms with Gasteiger partial charge in [-0.05, 0) is 37.4 Å². The number of carbonyl (C=O) groups excluding carboxylic acids is 1. The van der Waals surface area contributed by atoms with E-state index in [1.165, 1.54) is 6.20 Å². The van der Waals surface area contributed by atoms with Crippen LogP contribution in [0.3, 0.4) is 0 Å². The highest BCUT2D eigenvalue weighted by molar-refractivity contribution is 6.30. The van der Waals surface area contributed by atoms with Crippen LogP contribution in [0.25, 0.3) is 0 Å². The van der Waals surface area contributed by atoms with Crippen molar-refractivity contribution in [2.75, 3.05) is 19.6 Å². The van der Waals surface area contributed by atoms with Crippen molar-refractivity contribution in [1.82, 2.24) is 9.88 Å². The minimum absolute atomic E-state index is 0. The zero-order valence-electron chi connectivity index (χ0n) is 10.4. The third-order valence-electron chi connectivity index (χ3n) is 3.18. The minimum Gasteiger partial charge on any atom is -0.337 e. The second kappa shape index (κ2) is 8.59. The van der Waals surface area contributed by atoms with Crippen molar-refractivity contribution in [1.29, 1.82) is 0 Å². The van der Waals surface area contributed by atoms with Crippen molar-refractivity contribution in [3.05, 3.63) is 29.0 Å². The average Bonchev–Trinajstić information content (AvgIpc) is 2.39. The standard InChI is InChI=1S/C12H16ClN3O.2ClH/c13-10-1-2-11(15-8-10)12(17)16-5-3-9(7-14)4-6-16;;/h1-2,8-9H,3-7,14H2;2*1H. The van der Waals surface area contributed by atoms with Crippen LogP contribution in [0.2, 0.25) is 5.02 Å². The molecule has 108 valence electrons. The molecule has 19 heavy (non-hydrogen) atoms. The number of halogens is 3. The summed E-state index contributed by atoms with van der Waals surface area (Å²) in [6, 6.07) is 3.36. The van der Waals surface area contributed by atoms with E-state index in [9.17, 15) is 4.79 Å². The summed E-state index contributed by atoms with van der Waals surface area (Å²) >= 11 is 5.74. The zero-order chi connectivity index (χ0) is 12.3. The molecular formula is C12H18Cl3N3O. The number of likely N-dealkylation sites (tertiary alicyclic amines) is 1. The molecule has 1 aliphatic heterocycles. The molecule has 1 amide bonds. The molecule has 0 atom stereocenters. The van der Waals surface area contributed by atoms with Crippen LogP contribution in [-0.2, 0) is 0 Å². The van der Waals surface area contributed by atoms with Crippen LogP contribution in [-0.4, -0.2) is 35.4 Å². The third-order valence-corrected chi connectivity index (χ3v) is 3.41.